The van der Waals surface area contributed by atoms with Gasteiger partial charge in [-0.05, 0) is 63.1 Å². The van der Waals surface area contributed by atoms with Crippen LogP contribution in [0.1, 0.15) is 36.9 Å². The molecule has 2 aromatic carbocycles. The quantitative estimate of drug-likeness (QED) is 0.245. The van der Waals surface area contributed by atoms with Gasteiger partial charge in [0.25, 0.3) is 5.69 Å². The van der Waals surface area contributed by atoms with E-state index in [1.54, 1.807) is 0 Å². The molecule has 1 heterocycles. The highest BCUT2D eigenvalue weighted by Crippen LogP contribution is 2.28. The highest BCUT2D eigenvalue weighted by atomic mass is 35.5. The first-order chi connectivity index (χ1) is 15.7. The lowest BCUT2D eigenvalue weighted by atomic mass is 10.1. The van der Waals surface area contributed by atoms with Crippen LogP contribution in [0, 0.1) is 24.0 Å². The predicted molar refractivity (Wildman–Crippen MR) is 128 cm³/mol. The van der Waals surface area contributed by atoms with Crippen LogP contribution in [0.4, 0.5) is 11.4 Å². The van der Waals surface area contributed by atoms with Crippen molar-refractivity contribution < 1.29 is 14.5 Å². The second kappa shape index (κ2) is 10.7. The molecule has 174 valence electrons. The van der Waals surface area contributed by atoms with Crippen molar-refractivity contribution >= 4 is 40.6 Å². The van der Waals surface area contributed by atoms with Gasteiger partial charge in [0.05, 0.1) is 10.7 Å². The van der Waals surface area contributed by atoms with Crippen molar-refractivity contribution in [2.24, 2.45) is 0 Å². The Hall–Kier alpha value is -3.11. The van der Waals surface area contributed by atoms with Crippen molar-refractivity contribution in [3.05, 3.63) is 68.5 Å². The summed E-state index contributed by atoms with van der Waals surface area (Å²) >= 11 is 7.03. The van der Waals surface area contributed by atoms with Gasteiger partial charge in [-0.3, -0.25) is 14.9 Å². The van der Waals surface area contributed by atoms with Crippen LogP contribution in [0.25, 0.3) is 0 Å². The number of aryl methyl sites for hydroxylation is 2. The van der Waals surface area contributed by atoms with Crippen molar-refractivity contribution in [2.45, 2.75) is 45.5 Å². The van der Waals surface area contributed by atoms with Crippen LogP contribution in [-0.4, -0.2) is 31.3 Å². The van der Waals surface area contributed by atoms with Crippen LogP contribution < -0.4 is 10.1 Å². The number of nitro groups is 1. The second-order valence-electron chi connectivity index (χ2n) is 7.35. The van der Waals surface area contributed by atoms with Gasteiger partial charge in [-0.25, -0.2) is 0 Å². The summed E-state index contributed by atoms with van der Waals surface area (Å²) in [7, 11) is 0. The summed E-state index contributed by atoms with van der Waals surface area (Å²) in [5, 5.41) is 22.7. The molecule has 1 unspecified atom stereocenters. The number of benzene rings is 2. The first-order valence-corrected chi connectivity index (χ1v) is 11.6. The fraction of sp³-hybridized carbons (Fsp3) is 0.318. The molecule has 1 amide bonds. The molecule has 0 bridgehead atoms. The molecule has 0 aliphatic heterocycles. The van der Waals surface area contributed by atoms with Gasteiger partial charge in [0.1, 0.15) is 10.8 Å². The summed E-state index contributed by atoms with van der Waals surface area (Å²) in [5.41, 5.74) is 2.36. The summed E-state index contributed by atoms with van der Waals surface area (Å²) in [6, 6.07) is 10.0. The topological polar surface area (TPSA) is 112 Å². The number of aromatic nitrogens is 3. The van der Waals surface area contributed by atoms with E-state index in [1.165, 1.54) is 35.5 Å². The number of nitrogens with one attached hydrogen (secondary N) is 1. The van der Waals surface area contributed by atoms with Crippen LogP contribution in [0.3, 0.4) is 0 Å². The van der Waals surface area contributed by atoms with Crippen molar-refractivity contribution in [3.63, 3.8) is 0 Å². The number of nitro benzene ring substituents is 1. The molecule has 1 atom stereocenters. The van der Waals surface area contributed by atoms with Gasteiger partial charge in [-0.2, -0.15) is 0 Å². The number of amides is 1. The highest BCUT2D eigenvalue weighted by Gasteiger charge is 2.20. The first-order valence-electron chi connectivity index (χ1n) is 10.2. The van der Waals surface area contributed by atoms with E-state index in [0.717, 1.165) is 11.3 Å². The van der Waals surface area contributed by atoms with Gasteiger partial charge in [-0.15, -0.1) is 10.2 Å². The molecule has 0 saturated heterocycles. The van der Waals surface area contributed by atoms with Gasteiger partial charge in [0.2, 0.25) is 5.91 Å². The Labute approximate surface area is 200 Å². The second-order valence-corrected chi connectivity index (χ2v) is 8.70. The number of carbonyl (C=O) groups is 1. The van der Waals surface area contributed by atoms with E-state index in [1.807, 2.05) is 50.5 Å². The van der Waals surface area contributed by atoms with E-state index >= 15 is 0 Å². The Morgan fingerprint density at radius 3 is 2.67 bits per heavy atom. The number of hydrogen-bond acceptors (Lipinski definition) is 7. The lowest BCUT2D eigenvalue weighted by Crippen LogP contribution is -2.15. The zero-order chi connectivity index (χ0) is 24.1. The third-order valence-corrected chi connectivity index (χ3v) is 6.26. The Morgan fingerprint density at radius 1 is 1.24 bits per heavy atom. The van der Waals surface area contributed by atoms with E-state index in [0.29, 0.717) is 23.2 Å². The maximum absolute atomic E-state index is 12.4. The van der Waals surface area contributed by atoms with Crippen LogP contribution in [-0.2, 0) is 11.3 Å². The molecule has 0 fully saturated rings. The first kappa shape index (κ1) is 24.5. The SMILES string of the molecule is CCn1c(SCC(=O)Nc2ccc(Cl)c([N+](=O)[O-])c2)nnc1C(C)Oc1ccc(C)c(C)c1. The van der Waals surface area contributed by atoms with Gasteiger partial charge in [0.15, 0.2) is 17.1 Å². The molecule has 9 nitrogen and oxygen atoms in total. The van der Waals surface area contributed by atoms with Gasteiger partial charge in [0, 0.05) is 18.3 Å². The molecule has 33 heavy (non-hydrogen) atoms. The fourth-order valence-electron chi connectivity index (χ4n) is 3.11. The van der Waals surface area contributed by atoms with Crippen molar-refractivity contribution in [2.75, 3.05) is 11.1 Å². The summed E-state index contributed by atoms with van der Waals surface area (Å²) in [4.78, 5) is 22.8. The maximum Gasteiger partial charge on any atom is 0.289 e. The number of halogens is 1. The zero-order valence-corrected chi connectivity index (χ0v) is 20.2. The molecular formula is C22H24ClN5O4S. The number of anilines is 1. The number of ether oxygens (including phenoxy) is 1. The predicted octanol–water partition coefficient (Wildman–Crippen LogP) is 5.35. The monoisotopic (exact) mass is 489 g/mol. The summed E-state index contributed by atoms with van der Waals surface area (Å²) < 4.78 is 7.96. The minimum Gasteiger partial charge on any atom is -0.483 e. The van der Waals surface area contributed by atoms with Crippen LogP contribution in [0.5, 0.6) is 5.75 Å². The minimum atomic E-state index is -0.598. The highest BCUT2D eigenvalue weighted by molar-refractivity contribution is 7.99. The molecule has 0 radical (unpaired) electrons. The largest absolute Gasteiger partial charge is 0.483 e. The average molecular weight is 490 g/mol. The normalized spacial score (nSPS) is 11.8. The third-order valence-electron chi connectivity index (χ3n) is 4.98. The Bertz CT molecular complexity index is 1180. The minimum absolute atomic E-state index is 0.00749. The van der Waals surface area contributed by atoms with Crippen LogP contribution >= 0.6 is 23.4 Å². The standard InChI is InChI=1S/C22H24ClN5O4S/c1-5-27-21(15(4)32-17-8-6-13(2)14(3)10-17)25-26-22(27)33-12-20(29)24-16-7-9-18(23)19(11-16)28(30)31/h6-11,15H,5,12H2,1-4H3,(H,24,29). The van der Waals surface area contributed by atoms with E-state index in [2.05, 4.69) is 15.5 Å². The summed E-state index contributed by atoms with van der Waals surface area (Å²) in [5.74, 6) is 1.14. The molecule has 11 heteroatoms. The average Bonchev–Trinajstić information content (AvgIpc) is 3.19. The summed E-state index contributed by atoms with van der Waals surface area (Å²) in [6.45, 7) is 8.55. The Morgan fingerprint density at radius 2 is 2.00 bits per heavy atom. The molecule has 1 aromatic heterocycles. The van der Waals surface area contributed by atoms with Crippen LogP contribution in [0.15, 0.2) is 41.6 Å². The van der Waals surface area contributed by atoms with Crippen LogP contribution in [0.2, 0.25) is 5.02 Å². The lowest BCUT2D eigenvalue weighted by Gasteiger charge is -2.16. The Balaban J connectivity index is 1.65. The van der Waals surface area contributed by atoms with E-state index in [9.17, 15) is 14.9 Å². The van der Waals surface area contributed by atoms with Gasteiger partial charge >= 0.3 is 0 Å². The third kappa shape index (κ3) is 6.02. The molecule has 3 rings (SSSR count). The zero-order valence-electron chi connectivity index (χ0n) is 18.7. The molecule has 0 spiro atoms. The smallest absolute Gasteiger partial charge is 0.289 e. The van der Waals surface area contributed by atoms with Crippen molar-refractivity contribution in [3.8, 4) is 5.75 Å². The molecule has 0 aliphatic carbocycles. The lowest BCUT2D eigenvalue weighted by molar-refractivity contribution is -0.384. The maximum atomic E-state index is 12.4. The molecule has 3 aromatic rings. The fourth-order valence-corrected chi connectivity index (χ4v) is 4.10. The van der Waals surface area contributed by atoms with E-state index < -0.39 is 4.92 Å². The molecule has 0 aliphatic rings. The van der Waals surface area contributed by atoms with E-state index in [-0.39, 0.29) is 28.5 Å². The molecular weight excluding hydrogens is 466 g/mol. The number of nitrogens with zero attached hydrogens (tertiary/aromatic N) is 4. The van der Waals surface area contributed by atoms with E-state index in [4.69, 9.17) is 16.3 Å². The summed E-state index contributed by atoms with van der Waals surface area (Å²) in [6.07, 6.45) is -0.336. The van der Waals surface area contributed by atoms with Gasteiger partial charge < -0.3 is 14.6 Å². The van der Waals surface area contributed by atoms with Gasteiger partial charge in [-0.1, -0.05) is 29.4 Å². The Kier molecular flexibility index (Phi) is 7.93. The number of hydrogen-bond donors (Lipinski definition) is 1. The molecule has 1 N–H and O–H groups in total. The number of rotatable bonds is 9. The van der Waals surface area contributed by atoms with Crippen molar-refractivity contribution in [1.29, 1.82) is 0 Å². The molecule has 0 saturated carbocycles. The number of carbonyl (C=O) groups excluding carboxylic acids is 1. The van der Waals surface area contributed by atoms with Crippen molar-refractivity contribution in [1.82, 2.24) is 14.8 Å². The number of thioether (sulfide) groups is 1.